The normalized spacial score (nSPS) is 20.8. The van der Waals surface area contributed by atoms with Gasteiger partial charge in [0.2, 0.25) is 0 Å². The molecule has 0 aliphatic carbocycles. The molecule has 1 aromatic carbocycles. The van der Waals surface area contributed by atoms with Gasteiger partial charge in [-0.25, -0.2) is 0 Å². The summed E-state index contributed by atoms with van der Waals surface area (Å²) < 4.78 is 6.06. The summed E-state index contributed by atoms with van der Waals surface area (Å²) >= 11 is 0. The van der Waals surface area contributed by atoms with Gasteiger partial charge in [0.15, 0.2) is 0 Å². The van der Waals surface area contributed by atoms with E-state index < -0.39 is 0 Å². The van der Waals surface area contributed by atoms with Crippen LogP contribution in [0.2, 0.25) is 0 Å². The number of benzene rings is 1. The monoisotopic (exact) mass is 247 g/mol. The molecule has 0 spiro atoms. The van der Waals surface area contributed by atoms with Crippen LogP contribution in [-0.2, 0) is 11.2 Å². The molecule has 0 aromatic heterocycles. The quantitative estimate of drug-likeness (QED) is 0.862. The first kappa shape index (κ1) is 13.6. The maximum absolute atomic E-state index is 6.06. The van der Waals surface area contributed by atoms with E-state index in [4.69, 9.17) is 4.74 Å². The van der Waals surface area contributed by atoms with Crippen molar-refractivity contribution in [1.82, 2.24) is 5.32 Å². The smallest absolute Gasteiger partial charge is 0.0983 e. The predicted molar refractivity (Wildman–Crippen MR) is 75.8 cm³/mol. The molecule has 1 heterocycles. The van der Waals surface area contributed by atoms with Gasteiger partial charge in [0.1, 0.15) is 0 Å². The molecule has 2 atom stereocenters. The number of ether oxygens (including phenoxy) is 1. The Bertz CT molecular complexity index is 375. The Hall–Kier alpha value is -0.860. The van der Waals surface area contributed by atoms with E-state index in [1.807, 2.05) is 0 Å². The summed E-state index contributed by atoms with van der Waals surface area (Å²) in [6, 6.07) is 9.12. The summed E-state index contributed by atoms with van der Waals surface area (Å²) in [5.41, 5.74) is 2.84. The van der Waals surface area contributed by atoms with Crippen LogP contribution in [0.25, 0.3) is 0 Å². The zero-order valence-electron chi connectivity index (χ0n) is 11.8. The predicted octanol–water partition coefficient (Wildman–Crippen LogP) is 3.32. The third-order valence-corrected chi connectivity index (χ3v) is 3.70. The molecule has 2 rings (SSSR count). The highest BCUT2D eigenvalue weighted by Gasteiger charge is 2.30. The van der Waals surface area contributed by atoms with Gasteiger partial charge in [0.05, 0.1) is 12.7 Å². The summed E-state index contributed by atoms with van der Waals surface area (Å²) in [5, 5.41) is 3.65. The van der Waals surface area contributed by atoms with Gasteiger partial charge in [-0.1, -0.05) is 45.0 Å². The van der Waals surface area contributed by atoms with Gasteiger partial charge in [-0.15, -0.1) is 0 Å². The highest BCUT2D eigenvalue weighted by molar-refractivity contribution is 5.32. The fourth-order valence-electron chi connectivity index (χ4n) is 2.73. The summed E-state index contributed by atoms with van der Waals surface area (Å²) in [6.45, 7) is 8.66. The second kappa shape index (κ2) is 6.35. The molecule has 0 bridgehead atoms. The Morgan fingerprint density at radius 1 is 1.33 bits per heavy atom. The van der Waals surface area contributed by atoms with E-state index in [9.17, 15) is 0 Å². The highest BCUT2D eigenvalue weighted by Crippen LogP contribution is 2.32. The van der Waals surface area contributed by atoms with Crippen LogP contribution < -0.4 is 5.32 Å². The van der Waals surface area contributed by atoms with Crippen molar-refractivity contribution in [2.45, 2.75) is 45.8 Å². The molecule has 0 saturated heterocycles. The van der Waals surface area contributed by atoms with Gasteiger partial charge >= 0.3 is 0 Å². The Morgan fingerprint density at radius 2 is 2.11 bits per heavy atom. The van der Waals surface area contributed by atoms with Crippen molar-refractivity contribution < 1.29 is 4.74 Å². The van der Waals surface area contributed by atoms with Gasteiger partial charge in [0, 0.05) is 6.04 Å². The molecule has 2 unspecified atom stereocenters. The third-order valence-electron chi connectivity index (χ3n) is 3.70. The van der Waals surface area contributed by atoms with E-state index in [-0.39, 0.29) is 6.10 Å². The lowest BCUT2D eigenvalue weighted by Gasteiger charge is -2.35. The molecule has 0 radical (unpaired) electrons. The van der Waals surface area contributed by atoms with Crippen molar-refractivity contribution in [3.63, 3.8) is 0 Å². The van der Waals surface area contributed by atoms with Gasteiger partial charge in [-0.3, -0.25) is 0 Å². The standard InChI is InChI=1S/C16H25NO/c1-4-10-17-15(12(2)3)16-14-8-6-5-7-13(14)9-11-18-16/h5-8,12,15-17H,4,9-11H2,1-3H3. The van der Waals surface area contributed by atoms with Crippen molar-refractivity contribution in [2.24, 2.45) is 5.92 Å². The third kappa shape index (κ3) is 2.93. The maximum atomic E-state index is 6.06. The lowest BCUT2D eigenvalue weighted by molar-refractivity contribution is 0.00380. The first-order valence-corrected chi connectivity index (χ1v) is 7.16. The minimum atomic E-state index is 0.210. The summed E-state index contributed by atoms with van der Waals surface area (Å²) in [6.07, 6.45) is 2.42. The Labute approximate surface area is 111 Å². The SMILES string of the molecule is CCCNC(C(C)C)C1OCCc2ccccc21. The first-order valence-electron chi connectivity index (χ1n) is 7.16. The first-order chi connectivity index (χ1) is 8.74. The fourth-order valence-corrected chi connectivity index (χ4v) is 2.73. The number of nitrogens with one attached hydrogen (secondary N) is 1. The summed E-state index contributed by atoms with van der Waals surface area (Å²) in [4.78, 5) is 0. The summed E-state index contributed by atoms with van der Waals surface area (Å²) in [5.74, 6) is 0.577. The largest absolute Gasteiger partial charge is 0.372 e. The summed E-state index contributed by atoms with van der Waals surface area (Å²) in [7, 11) is 0. The zero-order valence-corrected chi connectivity index (χ0v) is 11.8. The minimum absolute atomic E-state index is 0.210. The molecular formula is C16H25NO. The maximum Gasteiger partial charge on any atom is 0.0983 e. The second-order valence-corrected chi connectivity index (χ2v) is 5.46. The molecule has 0 saturated carbocycles. The Kier molecular flexibility index (Phi) is 4.79. The van der Waals surface area contributed by atoms with E-state index in [2.05, 4.69) is 50.4 Å². The van der Waals surface area contributed by atoms with Crippen molar-refractivity contribution >= 4 is 0 Å². The lowest BCUT2D eigenvalue weighted by Crippen LogP contribution is -2.42. The van der Waals surface area contributed by atoms with Crippen LogP contribution in [0.1, 0.15) is 44.4 Å². The fraction of sp³-hybridized carbons (Fsp3) is 0.625. The number of fused-ring (bicyclic) bond motifs is 1. The van der Waals surface area contributed by atoms with Crippen molar-refractivity contribution in [3.8, 4) is 0 Å². The van der Waals surface area contributed by atoms with Crippen LogP contribution in [0.15, 0.2) is 24.3 Å². The molecule has 1 aromatic rings. The van der Waals surface area contributed by atoms with E-state index in [0.717, 1.165) is 26.0 Å². The van der Waals surface area contributed by atoms with Gasteiger partial charge < -0.3 is 10.1 Å². The molecule has 0 fully saturated rings. The van der Waals surface area contributed by atoms with Gasteiger partial charge in [-0.05, 0) is 36.4 Å². The molecular weight excluding hydrogens is 222 g/mol. The zero-order chi connectivity index (χ0) is 13.0. The average molecular weight is 247 g/mol. The van der Waals surface area contributed by atoms with Crippen molar-refractivity contribution in [1.29, 1.82) is 0 Å². The molecule has 1 N–H and O–H groups in total. The van der Waals surface area contributed by atoms with Crippen LogP contribution >= 0.6 is 0 Å². The lowest BCUT2D eigenvalue weighted by atomic mass is 9.88. The van der Waals surface area contributed by atoms with E-state index in [1.165, 1.54) is 11.1 Å². The number of hydrogen-bond donors (Lipinski definition) is 1. The van der Waals surface area contributed by atoms with Crippen molar-refractivity contribution in [3.05, 3.63) is 35.4 Å². The molecule has 1 aliphatic heterocycles. The second-order valence-electron chi connectivity index (χ2n) is 5.46. The molecule has 1 aliphatic rings. The van der Waals surface area contributed by atoms with Gasteiger partial charge in [-0.2, -0.15) is 0 Å². The van der Waals surface area contributed by atoms with E-state index in [1.54, 1.807) is 0 Å². The minimum Gasteiger partial charge on any atom is -0.372 e. The van der Waals surface area contributed by atoms with E-state index >= 15 is 0 Å². The topological polar surface area (TPSA) is 21.3 Å². The molecule has 2 heteroatoms. The highest BCUT2D eigenvalue weighted by atomic mass is 16.5. The number of hydrogen-bond acceptors (Lipinski definition) is 2. The Balaban J connectivity index is 2.21. The average Bonchev–Trinajstić information content (AvgIpc) is 2.39. The van der Waals surface area contributed by atoms with Gasteiger partial charge in [0.25, 0.3) is 0 Å². The van der Waals surface area contributed by atoms with Crippen LogP contribution in [0.3, 0.4) is 0 Å². The van der Waals surface area contributed by atoms with Crippen LogP contribution in [0.5, 0.6) is 0 Å². The van der Waals surface area contributed by atoms with Crippen LogP contribution in [0.4, 0.5) is 0 Å². The van der Waals surface area contributed by atoms with Crippen LogP contribution in [0, 0.1) is 5.92 Å². The van der Waals surface area contributed by atoms with Crippen molar-refractivity contribution in [2.75, 3.05) is 13.2 Å². The molecule has 18 heavy (non-hydrogen) atoms. The van der Waals surface area contributed by atoms with E-state index in [0.29, 0.717) is 12.0 Å². The molecule has 2 nitrogen and oxygen atoms in total. The molecule has 100 valence electrons. The Morgan fingerprint density at radius 3 is 2.83 bits per heavy atom. The van der Waals surface area contributed by atoms with Crippen LogP contribution in [-0.4, -0.2) is 19.2 Å². The molecule has 0 amide bonds. The number of rotatable bonds is 5.